The van der Waals surface area contributed by atoms with E-state index < -0.39 is 129 Å². The van der Waals surface area contributed by atoms with Crippen molar-refractivity contribution >= 4 is 83.4 Å². The van der Waals surface area contributed by atoms with E-state index in [0.717, 1.165) is 0 Å². The summed E-state index contributed by atoms with van der Waals surface area (Å²) in [5, 5.41) is 56.3. The van der Waals surface area contributed by atoms with Crippen LogP contribution in [0.15, 0.2) is 58.5 Å². The molecule has 0 unspecified atom stereocenters. The Morgan fingerprint density at radius 3 is 2.12 bits per heavy atom. The third-order valence-electron chi connectivity index (χ3n) is 17.3. The van der Waals surface area contributed by atoms with Gasteiger partial charge in [0.25, 0.3) is 5.56 Å². The standard InChI is InChI=1S/C62H75FN9O19P/c1-4-62(88)39-24-44-57-37(30-72(44)59(86)38(39)31-91-61(62)87)56-41(15-14-36-34(2)40(63)25-42(70-57)55(36)56)68-50(77)32-90-33-67-48(75)28-66-58(85)43(23-35-11-7-5-8-12-35)69-49(76)29-65-47(74)27-64-46(73)13-9-6-10-19-71-51(78)26-45(60(71)89-3)92(20-16-52(79)80,21-17-53(81)82)22-18-54(83)84/h5,7-8,11-12,24-25,41,43,88,92H,4,6,9-10,13-23,26-33H2,1-3H3,(H,64,73)(H,65,74)(H,66,85)(H,67,75)(H,68,77)(H,69,76)(H,79,80)(H,81,82)(H,83,84)/t41-,43-,62-/m0/s1. The molecule has 2 aromatic carbocycles. The zero-order chi connectivity index (χ0) is 66.6. The van der Waals surface area contributed by atoms with Crippen LogP contribution in [0.3, 0.4) is 0 Å². The summed E-state index contributed by atoms with van der Waals surface area (Å²) in [6, 6.07) is 9.62. The van der Waals surface area contributed by atoms with Gasteiger partial charge in [0.1, 0.15) is 31.8 Å². The van der Waals surface area contributed by atoms with E-state index in [1.165, 1.54) is 22.6 Å². The van der Waals surface area contributed by atoms with E-state index in [4.69, 9.17) is 19.2 Å². The van der Waals surface area contributed by atoms with Gasteiger partial charge in [0, 0.05) is 29.0 Å². The number of rotatable bonds is 33. The summed E-state index contributed by atoms with van der Waals surface area (Å²) >= 11 is 0. The Balaban J connectivity index is 0.773. The number of methoxy groups -OCH3 is 1. The number of unbranched alkanes of at least 4 members (excludes halogenated alkanes) is 2. The minimum absolute atomic E-state index is 0.00344. The number of aliphatic hydroxyl groups is 1. The average Bonchev–Trinajstić information content (AvgIpc) is 1.48. The molecule has 92 heavy (non-hydrogen) atoms. The predicted molar refractivity (Wildman–Crippen MR) is 327 cm³/mol. The molecule has 0 saturated heterocycles. The van der Waals surface area contributed by atoms with Crippen LogP contribution in [-0.4, -0.2) is 171 Å². The zero-order valence-corrected chi connectivity index (χ0v) is 52.1. The van der Waals surface area contributed by atoms with Crippen LogP contribution in [0, 0.1) is 12.7 Å². The van der Waals surface area contributed by atoms with Crippen molar-refractivity contribution in [3.05, 3.63) is 109 Å². The number of nitrogens with one attached hydrogen (secondary N) is 6. The van der Waals surface area contributed by atoms with Gasteiger partial charge in [-0.3, -0.25) is 28.8 Å². The molecule has 28 nitrogen and oxygen atoms in total. The fraction of sp³-hybridized carbons (Fsp3) is 0.468. The van der Waals surface area contributed by atoms with Gasteiger partial charge in [0.2, 0.25) is 23.6 Å². The summed E-state index contributed by atoms with van der Waals surface area (Å²) in [4.78, 5) is 160. The van der Waals surface area contributed by atoms with E-state index in [0.29, 0.717) is 87.5 Å². The third-order valence-corrected chi connectivity index (χ3v) is 22.6. The van der Waals surface area contributed by atoms with E-state index in [1.54, 1.807) is 50.2 Å². The molecule has 494 valence electrons. The number of aliphatic carboxylic acids is 3. The molecule has 4 aromatic rings. The second-order valence-corrected chi connectivity index (χ2v) is 27.8. The second-order valence-electron chi connectivity index (χ2n) is 23.1. The van der Waals surface area contributed by atoms with E-state index in [9.17, 15) is 78.0 Å². The number of halogens is 1. The number of carboxylic acids is 3. The molecule has 0 saturated carbocycles. The molecule has 7 amide bonds. The zero-order valence-electron chi connectivity index (χ0n) is 51.1. The van der Waals surface area contributed by atoms with Gasteiger partial charge in [0.05, 0.1) is 48.1 Å². The van der Waals surface area contributed by atoms with Gasteiger partial charge in [-0.2, -0.15) is 0 Å². The Hall–Kier alpha value is -9.21. The number of amides is 7. The second kappa shape index (κ2) is 30.3. The molecule has 0 radical (unpaired) electrons. The van der Waals surface area contributed by atoms with Crippen molar-refractivity contribution in [2.24, 2.45) is 0 Å². The summed E-state index contributed by atoms with van der Waals surface area (Å²) in [7, 11) is -1.87. The molecule has 0 bridgehead atoms. The number of nitrogens with zero attached hydrogens (tertiary/aromatic N) is 3. The quantitative estimate of drug-likeness (QED) is 0.0123. The first-order valence-corrected chi connectivity index (χ1v) is 32.8. The molecule has 3 atom stereocenters. The number of aromatic nitrogens is 2. The molecule has 3 aliphatic heterocycles. The number of pyridine rings is 2. The van der Waals surface area contributed by atoms with E-state index in [2.05, 4.69) is 31.9 Å². The SMILES string of the molecule is CC[C@@]1(O)C(=O)OCc2c1cc1n(c2=O)Cc2c-1nc1cc(F)c(C)c3c1c2[C@@H](NC(=O)COCNC(=O)CNC(=O)[C@H](Cc1ccccc1)NC(=O)CNC(=O)CNC(=O)CCCCCN1C(=O)CC([PH](CCC(=O)O)(CCC(=O)O)CCC(=O)O)=C1OC)CC3. The maximum atomic E-state index is 15.4. The number of hydrogen-bond donors (Lipinski definition) is 10. The van der Waals surface area contributed by atoms with Crippen molar-refractivity contribution < 1.29 is 91.8 Å². The van der Waals surface area contributed by atoms with Crippen LogP contribution in [0.1, 0.15) is 116 Å². The van der Waals surface area contributed by atoms with Crippen molar-refractivity contribution in [3.63, 3.8) is 0 Å². The topological polar surface area (TPSA) is 407 Å². The van der Waals surface area contributed by atoms with Crippen molar-refractivity contribution in [1.29, 1.82) is 0 Å². The Morgan fingerprint density at radius 1 is 0.804 bits per heavy atom. The molecule has 10 N–H and O–H groups in total. The molecule has 2 aromatic heterocycles. The van der Waals surface area contributed by atoms with Crippen molar-refractivity contribution in [2.75, 3.05) is 65.1 Å². The predicted octanol–water partition coefficient (Wildman–Crippen LogP) is 1.58. The van der Waals surface area contributed by atoms with Gasteiger partial charge in [-0.05, 0) is 54.5 Å². The van der Waals surface area contributed by atoms with E-state index >= 15 is 4.39 Å². The van der Waals surface area contributed by atoms with Gasteiger partial charge < -0.3 is 45.7 Å². The van der Waals surface area contributed by atoms with Crippen LogP contribution in [0.5, 0.6) is 0 Å². The van der Waals surface area contributed by atoms with Gasteiger partial charge in [-0.25, -0.2) is 14.2 Å². The molecule has 0 spiro atoms. The normalized spacial score (nSPS) is 16.8. The van der Waals surface area contributed by atoms with Crippen molar-refractivity contribution in [3.8, 4) is 11.4 Å². The molecule has 4 aliphatic rings. The van der Waals surface area contributed by atoms with Crippen LogP contribution in [0.2, 0.25) is 0 Å². The first-order valence-electron chi connectivity index (χ1n) is 30.2. The molecule has 1 aliphatic carbocycles. The Labute approximate surface area is 526 Å². The first-order chi connectivity index (χ1) is 43.9. The fourth-order valence-corrected chi connectivity index (χ4v) is 17.4. The largest absolute Gasteiger partial charge is 0.0245 e. The Kier molecular flexibility index (Phi) is 22.6. The molecule has 0 fully saturated rings. The Bertz CT molecular complexity index is 3660. The molecule has 5 heterocycles. The number of carboxylic acid groups (broad SMARTS) is 3. The maximum Gasteiger partial charge on any atom is -0.0244 e. The molecule has 8 rings (SSSR count). The van der Waals surface area contributed by atoms with Crippen LogP contribution < -0.4 is 37.5 Å². The maximum absolute atomic E-state index is 15.4. The molecular formula is C62H75FN9O19P. The minimum atomic E-state index is -3.20. The number of fused-ring (bicyclic) bond motifs is 5. The van der Waals surface area contributed by atoms with Gasteiger partial charge in [-0.15, -0.1) is 0 Å². The summed E-state index contributed by atoms with van der Waals surface area (Å²) in [5.41, 5.74) is 1.62. The molecule has 30 heteroatoms. The monoisotopic (exact) mass is 1300 g/mol. The number of carbonyl (C=O) groups is 11. The van der Waals surface area contributed by atoms with Gasteiger partial charge in [-0.1, -0.05) is 37.3 Å². The minimum Gasteiger partial charge on any atom is -0.0245 e. The summed E-state index contributed by atoms with van der Waals surface area (Å²) < 4.78 is 33.2. The van der Waals surface area contributed by atoms with E-state index in [1.807, 2.05) is 0 Å². The van der Waals surface area contributed by atoms with Crippen LogP contribution in [0.4, 0.5) is 4.39 Å². The van der Waals surface area contributed by atoms with Crippen LogP contribution in [-0.2, 0) is 98.5 Å². The summed E-state index contributed by atoms with van der Waals surface area (Å²) in [5.74, 6) is -8.97. The van der Waals surface area contributed by atoms with Crippen LogP contribution >= 0.6 is 7.26 Å². The van der Waals surface area contributed by atoms with E-state index in [-0.39, 0.29) is 106 Å². The number of benzene rings is 2. The average molecular weight is 1300 g/mol. The van der Waals surface area contributed by atoms with Gasteiger partial charge in [0.15, 0.2) is 5.60 Å². The van der Waals surface area contributed by atoms with Crippen molar-refractivity contribution in [2.45, 2.75) is 122 Å². The number of carbonyl (C=O) groups excluding carboxylic acids is 8. The number of aryl methyl sites for hydroxylation is 1. The summed E-state index contributed by atoms with van der Waals surface area (Å²) in [6.07, 6.45) is 0.732. The van der Waals surface area contributed by atoms with Gasteiger partial charge >= 0.3 is 204 Å². The number of hydrogen-bond acceptors (Lipinski definition) is 17. The number of ether oxygens (including phenoxy) is 3. The fourth-order valence-electron chi connectivity index (χ4n) is 12.4. The van der Waals surface area contributed by atoms with Crippen LogP contribution in [0.25, 0.3) is 22.3 Å². The number of cyclic esters (lactones) is 1. The molecular weight excluding hydrogens is 1220 g/mol. The number of esters is 1. The third kappa shape index (κ3) is 15.9. The van der Waals surface area contributed by atoms with Crippen molar-refractivity contribution in [1.82, 2.24) is 46.4 Å². The first kappa shape index (κ1) is 68.7. The Morgan fingerprint density at radius 2 is 1.46 bits per heavy atom. The summed E-state index contributed by atoms with van der Waals surface area (Å²) in [6.45, 7) is 0.495. The smallest absolute Gasteiger partial charge is 0.0244 e.